The van der Waals surface area contributed by atoms with E-state index in [0.29, 0.717) is 5.92 Å². The number of nitrogens with zero attached hydrogens (tertiary/aromatic N) is 1. The van der Waals surface area contributed by atoms with E-state index in [9.17, 15) is 0 Å². The van der Waals surface area contributed by atoms with E-state index >= 15 is 0 Å². The summed E-state index contributed by atoms with van der Waals surface area (Å²) in [5.41, 5.74) is 0.253. The summed E-state index contributed by atoms with van der Waals surface area (Å²) >= 11 is 0. The van der Waals surface area contributed by atoms with Crippen molar-refractivity contribution in [3.63, 3.8) is 0 Å². The largest absolute Gasteiger partial charge is 0.445 e. The second kappa shape index (κ2) is 7.95. The van der Waals surface area contributed by atoms with E-state index < -0.39 is 0 Å². The van der Waals surface area contributed by atoms with Gasteiger partial charge in [-0.25, -0.2) is 4.98 Å². The molecule has 1 fully saturated rings. The quantitative estimate of drug-likeness (QED) is 0.710. The zero-order valence-electron chi connectivity index (χ0n) is 13.8. The Labute approximate surface area is 128 Å². The lowest BCUT2D eigenvalue weighted by Gasteiger charge is -2.28. The van der Waals surface area contributed by atoms with Crippen LogP contribution in [0.2, 0.25) is 0 Å². The molecule has 1 N–H and O–H groups in total. The minimum Gasteiger partial charge on any atom is -0.445 e. The second-order valence-electron chi connectivity index (χ2n) is 6.70. The smallest absolute Gasteiger partial charge is 0.195 e. The van der Waals surface area contributed by atoms with Gasteiger partial charge in [-0.1, -0.05) is 26.7 Å². The number of ether oxygens (including phenoxy) is 1. The third-order valence-corrected chi connectivity index (χ3v) is 4.43. The highest BCUT2D eigenvalue weighted by atomic mass is 16.5. The Bertz CT molecular complexity index is 409. The summed E-state index contributed by atoms with van der Waals surface area (Å²) in [6, 6.07) is 0. The lowest BCUT2D eigenvalue weighted by atomic mass is 9.77. The van der Waals surface area contributed by atoms with Gasteiger partial charge in [-0.05, 0) is 25.2 Å². The Morgan fingerprint density at radius 3 is 2.76 bits per heavy atom. The van der Waals surface area contributed by atoms with Gasteiger partial charge in [0.05, 0.1) is 12.8 Å². The number of methoxy groups -OCH3 is 1. The molecule has 0 aliphatic heterocycles. The molecule has 0 unspecified atom stereocenters. The zero-order valence-corrected chi connectivity index (χ0v) is 13.8. The molecule has 4 heteroatoms. The van der Waals surface area contributed by atoms with Gasteiger partial charge < -0.3 is 14.5 Å². The van der Waals surface area contributed by atoms with Gasteiger partial charge in [-0.3, -0.25) is 0 Å². The van der Waals surface area contributed by atoms with Crippen LogP contribution in [-0.2, 0) is 16.6 Å². The van der Waals surface area contributed by atoms with Crippen LogP contribution in [0.4, 0.5) is 0 Å². The first-order valence-electron chi connectivity index (χ1n) is 8.31. The lowest BCUT2D eigenvalue weighted by Crippen LogP contribution is -2.23. The van der Waals surface area contributed by atoms with Gasteiger partial charge in [0.2, 0.25) is 0 Å². The van der Waals surface area contributed by atoms with Gasteiger partial charge in [0.25, 0.3) is 0 Å². The van der Waals surface area contributed by atoms with E-state index in [2.05, 4.69) is 24.1 Å². The van der Waals surface area contributed by atoms with Crippen molar-refractivity contribution in [2.45, 2.75) is 57.8 Å². The summed E-state index contributed by atoms with van der Waals surface area (Å²) in [7, 11) is 1.72. The highest BCUT2D eigenvalue weighted by molar-refractivity contribution is 5.14. The van der Waals surface area contributed by atoms with Crippen LogP contribution in [0.25, 0.3) is 0 Å². The molecule has 2 rings (SSSR count). The van der Waals surface area contributed by atoms with Crippen LogP contribution in [0.15, 0.2) is 10.6 Å². The predicted octanol–water partition coefficient (Wildman–Crippen LogP) is 3.31. The molecule has 0 atom stereocenters. The highest BCUT2D eigenvalue weighted by Crippen LogP contribution is 2.45. The maximum Gasteiger partial charge on any atom is 0.195 e. The maximum absolute atomic E-state index is 6.10. The molecule has 21 heavy (non-hydrogen) atoms. The molecular formula is C17H30N2O2. The van der Waals surface area contributed by atoms with Crippen molar-refractivity contribution < 1.29 is 9.15 Å². The van der Waals surface area contributed by atoms with Crippen molar-refractivity contribution in [2.75, 3.05) is 26.8 Å². The molecule has 0 spiro atoms. The molecular weight excluding hydrogens is 264 g/mol. The Hall–Kier alpha value is -0.870. The van der Waals surface area contributed by atoms with Gasteiger partial charge in [0.15, 0.2) is 5.89 Å². The molecule has 0 aromatic carbocycles. The summed E-state index contributed by atoms with van der Waals surface area (Å²) in [6.45, 7) is 7.12. The summed E-state index contributed by atoms with van der Waals surface area (Å²) in [6.07, 6.45) is 9.20. The zero-order chi connectivity index (χ0) is 15.1. The molecule has 0 saturated heterocycles. The summed E-state index contributed by atoms with van der Waals surface area (Å²) < 4.78 is 11.1. The van der Waals surface area contributed by atoms with E-state index in [-0.39, 0.29) is 5.41 Å². The third kappa shape index (κ3) is 4.55. The van der Waals surface area contributed by atoms with Crippen LogP contribution in [0.1, 0.15) is 57.6 Å². The van der Waals surface area contributed by atoms with Crippen LogP contribution < -0.4 is 5.32 Å². The number of aromatic nitrogens is 1. The molecule has 4 nitrogen and oxygen atoms in total. The van der Waals surface area contributed by atoms with Crippen molar-refractivity contribution in [2.24, 2.45) is 5.92 Å². The molecule has 1 aromatic rings. The average molecular weight is 294 g/mol. The standard InChI is InChI=1S/C17H30N2O2/c1-14(2)12-17(7-4-5-8-17)15-13-19-16(21-15)6-9-18-10-11-20-3/h13-14,18H,4-12H2,1-3H3. The highest BCUT2D eigenvalue weighted by Gasteiger charge is 2.39. The Balaban J connectivity index is 1.91. The SMILES string of the molecule is COCCNCCc1ncc(C2(CC(C)C)CCCC2)o1. The normalized spacial score (nSPS) is 17.7. The van der Waals surface area contributed by atoms with E-state index in [0.717, 1.165) is 37.8 Å². The van der Waals surface area contributed by atoms with E-state index in [1.807, 2.05) is 6.20 Å². The van der Waals surface area contributed by atoms with Gasteiger partial charge in [-0.15, -0.1) is 0 Å². The minimum absolute atomic E-state index is 0.253. The number of hydrogen-bond donors (Lipinski definition) is 1. The molecule has 0 amide bonds. The Morgan fingerprint density at radius 1 is 1.33 bits per heavy atom. The van der Waals surface area contributed by atoms with E-state index in [1.165, 1.54) is 32.1 Å². The Kier molecular flexibility index (Phi) is 6.24. The number of rotatable bonds is 9. The molecule has 0 radical (unpaired) electrons. The first-order chi connectivity index (χ1) is 10.2. The fourth-order valence-electron chi connectivity index (χ4n) is 3.55. The van der Waals surface area contributed by atoms with Crippen LogP contribution in [0.3, 0.4) is 0 Å². The molecule has 0 bridgehead atoms. The van der Waals surface area contributed by atoms with Crippen molar-refractivity contribution >= 4 is 0 Å². The average Bonchev–Trinajstić information content (AvgIpc) is 3.08. The molecule has 120 valence electrons. The monoisotopic (exact) mass is 294 g/mol. The fraction of sp³-hybridized carbons (Fsp3) is 0.824. The van der Waals surface area contributed by atoms with Crippen LogP contribution in [-0.4, -0.2) is 31.8 Å². The molecule has 1 heterocycles. The first kappa shape index (κ1) is 16.5. The number of nitrogens with one attached hydrogen (secondary N) is 1. The first-order valence-corrected chi connectivity index (χ1v) is 8.31. The van der Waals surface area contributed by atoms with Crippen LogP contribution >= 0.6 is 0 Å². The van der Waals surface area contributed by atoms with Gasteiger partial charge in [0.1, 0.15) is 5.76 Å². The maximum atomic E-state index is 6.10. The molecule has 1 saturated carbocycles. The van der Waals surface area contributed by atoms with Crippen molar-refractivity contribution in [3.05, 3.63) is 17.8 Å². The van der Waals surface area contributed by atoms with Crippen molar-refractivity contribution in [1.29, 1.82) is 0 Å². The van der Waals surface area contributed by atoms with Gasteiger partial charge in [0, 0.05) is 32.0 Å². The molecule has 1 aliphatic carbocycles. The predicted molar refractivity (Wildman–Crippen MR) is 84.6 cm³/mol. The van der Waals surface area contributed by atoms with Crippen molar-refractivity contribution in [3.8, 4) is 0 Å². The lowest BCUT2D eigenvalue weighted by molar-refractivity contribution is 0.199. The number of oxazole rings is 1. The van der Waals surface area contributed by atoms with Crippen molar-refractivity contribution in [1.82, 2.24) is 10.3 Å². The van der Waals surface area contributed by atoms with Gasteiger partial charge >= 0.3 is 0 Å². The topological polar surface area (TPSA) is 47.3 Å². The Morgan fingerprint density at radius 2 is 2.10 bits per heavy atom. The fourth-order valence-corrected chi connectivity index (χ4v) is 3.55. The molecule has 1 aromatic heterocycles. The van der Waals surface area contributed by atoms with E-state index in [1.54, 1.807) is 7.11 Å². The summed E-state index contributed by atoms with van der Waals surface area (Å²) in [4.78, 5) is 4.49. The third-order valence-electron chi connectivity index (χ3n) is 4.43. The summed E-state index contributed by atoms with van der Waals surface area (Å²) in [5, 5.41) is 3.33. The van der Waals surface area contributed by atoms with E-state index in [4.69, 9.17) is 9.15 Å². The second-order valence-corrected chi connectivity index (χ2v) is 6.70. The van der Waals surface area contributed by atoms with Crippen LogP contribution in [0.5, 0.6) is 0 Å². The number of hydrogen-bond acceptors (Lipinski definition) is 4. The van der Waals surface area contributed by atoms with Crippen LogP contribution in [0, 0.1) is 5.92 Å². The van der Waals surface area contributed by atoms with Gasteiger partial charge in [-0.2, -0.15) is 0 Å². The summed E-state index contributed by atoms with van der Waals surface area (Å²) in [5.74, 6) is 2.69. The molecule has 1 aliphatic rings. The minimum atomic E-state index is 0.253.